The molecule has 98 valence electrons. The molecule has 2 rings (SSSR count). The molecule has 2 heterocycles. The quantitative estimate of drug-likeness (QED) is 0.726. The Bertz CT molecular complexity index is 667. The van der Waals surface area contributed by atoms with Crippen molar-refractivity contribution in [3.05, 3.63) is 34.2 Å². The summed E-state index contributed by atoms with van der Waals surface area (Å²) in [5.41, 5.74) is -0.450. The fourth-order valence-corrected chi connectivity index (χ4v) is 1.44. The van der Waals surface area contributed by atoms with Gasteiger partial charge in [-0.05, 0) is 19.1 Å². The molecule has 8 nitrogen and oxygen atoms in total. The molecule has 0 saturated heterocycles. The van der Waals surface area contributed by atoms with Crippen LogP contribution in [0.1, 0.15) is 17.3 Å². The highest BCUT2D eigenvalue weighted by molar-refractivity contribution is 5.88. The smallest absolute Gasteiger partial charge is 0.341 e. The van der Waals surface area contributed by atoms with Gasteiger partial charge in [0.25, 0.3) is 5.56 Å². The molecule has 0 atom stereocenters. The van der Waals surface area contributed by atoms with Crippen LogP contribution >= 0.6 is 0 Å². The third-order valence-corrected chi connectivity index (χ3v) is 2.29. The second kappa shape index (κ2) is 5.25. The first kappa shape index (κ1) is 12.7. The normalized spacial score (nSPS) is 10.2. The van der Waals surface area contributed by atoms with Gasteiger partial charge in [-0.1, -0.05) is 0 Å². The fourth-order valence-electron chi connectivity index (χ4n) is 1.44. The van der Waals surface area contributed by atoms with Gasteiger partial charge in [0.2, 0.25) is 5.95 Å². The molecule has 8 heteroatoms. The van der Waals surface area contributed by atoms with E-state index in [9.17, 15) is 9.59 Å². The number of hydrogen-bond acceptors (Lipinski definition) is 6. The molecule has 2 aromatic heterocycles. The lowest BCUT2D eigenvalue weighted by Crippen LogP contribution is -2.19. The summed E-state index contributed by atoms with van der Waals surface area (Å²) >= 11 is 0. The summed E-state index contributed by atoms with van der Waals surface area (Å²) in [5.74, 6) is -0.907. The van der Waals surface area contributed by atoms with E-state index in [1.807, 2.05) is 6.92 Å². The van der Waals surface area contributed by atoms with Gasteiger partial charge in [0, 0.05) is 12.7 Å². The van der Waals surface area contributed by atoms with Gasteiger partial charge >= 0.3 is 5.97 Å². The van der Waals surface area contributed by atoms with Crippen LogP contribution in [0.5, 0.6) is 0 Å². The first-order valence-corrected chi connectivity index (χ1v) is 5.52. The predicted molar refractivity (Wildman–Crippen MR) is 67.0 cm³/mol. The van der Waals surface area contributed by atoms with Crippen LogP contribution in [0.4, 0.5) is 5.95 Å². The first-order valence-electron chi connectivity index (χ1n) is 5.52. The highest BCUT2D eigenvalue weighted by atomic mass is 16.4. The summed E-state index contributed by atoms with van der Waals surface area (Å²) < 4.78 is 0. The lowest BCUT2D eigenvalue weighted by molar-refractivity contribution is 0.0694. The Hall–Kier alpha value is -2.77. The zero-order chi connectivity index (χ0) is 13.8. The van der Waals surface area contributed by atoms with Crippen LogP contribution in [0.2, 0.25) is 0 Å². The third kappa shape index (κ3) is 2.73. The molecule has 0 spiro atoms. The molecular formula is C11H11N5O3. The molecule has 0 aromatic carbocycles. The maximum atomic E-state index is 11.3. The van der Waals surface area contributed by atoms with Crippen molar-refractivity contribution in [3.63, 3.8) is 0 Å². The predicted octanol–water partition coefficient (Wildman–Crippen LogP) is 0.357. The monoisotopic (exact) mass is 261 g/mol. The Morgan fingerprint density at radius 1 is 1.47 bits per heavy atom. The Morgan fingerprint density at radius 3 is 2.95 bits per heavy atom. The highest BCUT2D eigenvalue weighted by Crippen LogP contribution is 2.14. The molecule has 0 saturated carbocycles. The molecule has 0 aliphatic carbocycles. The lowest BCUT2D eigenvalue weighted by atomic mass is 10.2. The Balaban J connectivity index is 2.47. The van der Waals surface area contributed by atoms with Gasteiger partial charge < -0.3 is 10.4 Å². The van der Waals surface area contributed by atoms with Crippen molar-refractivity contribution >= 4 is 11.9 Å². The number of carboxylic acid groups (broad SMARTS) is 1. The first-order chi connectivity index (χ1) is 9.11. The van der Waals surface area contributed by atoms with Crippen molar-refractivity contribution in [2.24, 2.45) is 0 Å². The van der Waals surface area contributed by atoms with Gasteiger partial charge in [0.15, 0.2) is 0 Å². The topological polar surface area (TPSA) is 121 Å². The fraction of sp³-hybridized carbons (Fsp3) is 0.182. The summed E-state index contributed by atoms with van der Waals surface area (Å²) in [6.45, 7) is 2.56. The van der Waals surface area contributed by atoms with Crippen molar-refractivity contribution in [2.45, 2.75) is 6.92 Å². The molecular weight excluding hydrogens is 250 g/mol. The molecule has 19 heavy (non-hydrogen) atoms. The number of aromatic carboxylic acids is 1. The second-order valence-electron chi connectivity index (χ2n) is 3.60. The van der Waals surface area contributed by atoms with E-state index in [2.05, 4.69) is 25.5 Å². The van der Waals surface area contributed by atoms with Gasteiger partial charge in [-0.15, -0.1) is 0 Å². The molecule has 0 aliphatic rings. The van der Waals surface area contributed by atoms with Crippen LogP contribution in [0.3, 0.4) is 0 Å². The molecule has 0 radical (unpaired) electrons. The number of carboxylic acids is 1. The number of H-pyrrole nitrogens is 1. The summed E-state index contributed by atoms with van der Waals surface area (Å²) in [4.78, 5) is 30.3. The van der Waals surface area contributed by atoms with E-state index < -0.39 is 11.5 Å². The Morgan fingerprint density at radius 2 is 2.26 bits per heavy atom. The molecule has 0 amide bonds. The largest absolute Gasteiger partial charge is 0.477 e. The van der Waals surface area contributed by atoms with Crippen LogP contribution in [0, 0.1) is 0 Å². The van der Waals surface area contributed by atoms with Crippen LogP contribution in [-0.2, 0) is 0 Å². The number of carbonyl (C=O) groups is 1. The van der Waals surface area contributed by atoms with Crippen LogP contribution in [0.15, 0.2) is 23.1 Å². The van der Waals surface area contributed by atoms with Crippen molar-refractivity contribution in [1.29, 1.82) is 0 Å². The van der Waals surface area contributed by atoms with Crippen LogP contribution in [0.25, 0.3) is 11.4 Å². The number of nitrogens with zero attached hydrogens (tertiary/aromatic N) is 3. The van der Waals surface area contributed by atoms with E-state index in [-0.39, 0.29) is 11.3 Å². The van der Waals surface area contributed by atoms with Crippen LogP contribution in [-0.4, -0.2) is 37.8 Å². The Labute approximate surface area is 107 Å². The molecule has 0 unspecified atom stereocenters. The highest BCUT2D eigenvalue weighted by Gasteiger charge is 2.12. The molecule has 3 N–H and O–H groups in total. The third-order valence-electron chi connectivity index (χ3n) is 2.29. The minimum Gasteiger partial charge on any atom is -0.477 e. The average molecular weight is 261 g/mol. The molecule has 2 aromatic rings. The number of aromatic nitrogens is 4. The SMILES string of the molecule is CCNc1nccc(-c2cc(C(=O)O)c(=O)[nH]n2)n1. The lowest BCUT2D eigenvalue weighted by Gasteiger charge is -2.04. The van der Waals surface area contributed by atoms with Gasteiger partial charge in [-0.2, -0.15) is 5.10 Å². The standard InChI is InChI=1S/C11H11N5O3/c1-2-12-11-13-4-3-7(14-11)8-5-6(10(18)19)9(17)16-15-8/h3-5H,2H2,1H3,(H,16,17)(H,18,19)(H,12,13,14). The van der Waals surface area contributed by atoms with Crippen molar-refractivity contribution < 1.29 is 9.90 Å². The number of nitrogens with one attached hydrogen (secondary N) is 2. The summed E-state index contributed by atoms with van der Waals surface area (Å²) in [6, 6.07) is 2.76. The van der Waals surface area contributed by atoms with E-state index in [1.165, 1.54) is 12.3 Å². The van der Waals surface area contributed by atoms with Crippen LogP contribution < -0.4 is 10.9 Å². The van der Waals surface area contributed by atoms with E-state index in [4.69, 9.17) is 5.11 Å². The van der Waals surface area contributed by atoms with E-state index in [0.29, 0.717) is 18.2 Å². The van der Waals surface area contributed by atoms with Gasteiger partial charge in [0.1, 0.15) is 11.3 Å². The summed E-state index contributed by atoms with van der Waals surface area (Å²) in [7, 11) is 0. The van der Waals surface area contributed by atoms with Crippen molar-refractivity contribution in [3.8, 4) is 11.4 Å². The molecule has 0 bridgehead atoms. The van der Waals surface area contributed by atoms with Gasteiger partial charge in [0.05, 0.1) is 5.69 Å². The maximum Gasteiger partial charge on any atom is 0.341 e. The van der Waals surface area contributed by atoms with Gasteiger partial charge in [-0.3, -0.25) is 4.79 Å². The van der Waals surface area contributed by atoms with E-state index >= 15 is 0 Å². The van der Waals surface area contributed by atoms with E-state index in [0.717, 1.165) is 0 Å². The Kier molecular flexibility index (Phi) is 3.51. The number of hydrogen-bond donors (Lipinski definition) is 3. The zero-order valence-corrected chi connectivity index (χ0v) is 10.0. The maximum absolute atomic E-state index is 11.3. The van der Waals surface area contributed by atoms with Gasteiger partial charge in [-0.25, -0.2) is 19.9 Å². The average Bonchev–Trinajstić information content (AvgIpc) is 2.39. The molecule has 0 aliphatic heterocycles. The number of aromatic amines is 1. The van der Waals surface area contributed by atoms with Crippen molar-refractivity contribution in [2.75, 3.05) is 11.9 Å². The zero-order valence-electron chi connectivity index (χ0n) is 10.0. The number of rotatable bonds is 4. The van der Waals surface area contributed by atoms with Crippen molar-refractivity contribution in [1.82, 2.24) is 20.2 Å². The minimum atomic E-state index is -1.31. The number of anilines is 1. The summed E-state index contributed by atoms with van der Waals surface area (Å²) in [5, 5.41) is 17.7. The summed E-state index contributed by atoms with van der Waals surface area (Å²) in [6.07, 6.45) is 1.52. The second-order valence-corrected chi connectivity index (χ2v) is 3.60. The minimum absolute atomic E-state index is 0.263. The molecule has 0 fully saturated rings. The van der Waals surface area contributed by atoms with E-state index in [1.54, 1.807) is 6.07 Å².